The molecule has 216 valence electrons. The van der Waals surface area contributed by atoms with E-state index >= 15 is 0 Å². The molecular weight excluding hydrogens is 480 g/mol. The topological polar surface area (TPSA) is 86.7 Å². The minimum Gasteiger partial charge on any atom is -0.393 e. The maximum absolute atomic E-state index is 11.3. The van der Waals surface area contributed by atoms with Gasteiger partial charge < -0.3 is 9.47 Å². The number of hydrogen-bond acceptors (Lipinski definition) is 6. The smallest absolute Gasteiger partial charge is 0.321 e. The van der Waals surface area contributed by atoms with Gasteiger partial charge in [0, 0.05) is 0 Å². The van der Waals surface area contributed by atoms with Gasteiger partial charge in [-0.25, -0.2) is 0 Å². The van der Waals surface area contributed by atoms with E-state index in [1.807, 2.05) is 18.2 Å². The lowest BCUT2D eigenvalue weighted by Gasteiger charge is -2.02. The molecule has 0 aliphatic carbocycles. The molecule has 0 N–H and O–H groups in total. The van der Waals surface area contributed by atoms with Crippen molar-refractivity contribution >= 4 is 23.9 Å². The Morgan fingerprint density at radius 2 is 0.842 bits per heavy atom. The van der Waals surface area contributed by atoms with Crippen molar-refractivity contribution in [2.75, 3.05) is 0 Å². The van der Waals surface area contributed by atoms with E-state index in [1.54, 1.807) is 6.08 Å². The lowest BCUT2D eigenvalue weighted by molar-refractivity contribution is -0.154. The molecule has 2 aliphatic rings. The molecule has 6 heteroatoms. The molecule has 2 unspecified atom stereocenters. The molecule has 2 fully saturated rings. The zero-order valence-corrected chi connectivity index (χ0v) is 24.1. The number of esters is 4. The first-order valence-electron chi connectivity index (χ1n) is 15.3. The van der Waals surface area contributed by atoms with Gasteiger partial charge in [-0.3, -0.25) is 19.2 Å². The van der Waals surface area contributed by atoms with Crippen molar-refractivity contribution < 1.29 is 28.7 Å². The van der Waals surface area contributed by atoms with Crippen molar-refractivity contribution in [3.8, 4) is 0 Å². The summed E-state index contributed by atoms with van der Waals surface area (Å²) >= 11 is 0. The zero-order valence-electron chi connectivity index (χ0n) is 24.1. The van der Waals surface area contributed by atoms with Gasteiger partial charge in [0.2, 0.25) is 0 Å². The first-order valence-corrected chi connectivity index (χ1v) is 15.3. The highest BCUT2D eigenvalue weighted by Crippen LogP contribution is 2.19. The average Bonchev–Trinajstić information content (AvgIpc) is 3.39. The largest absolute Gasteiger partial charge is 0.393 e. The van der Waals surface area contributed by atoms with Crippen LogP contribution in [0.1, 0.15) is 142 Å². The fraction of sp³-hybridized carbons (Fsp3) is 0.750. The molecule has 2 atom stereocenters. The molecule has 2 aliphatic heterocycles. The first-order chi connectivity index (χ1) is 18.5. The van der Waals surface area contributed by atoms with Gasteiger partial charge in [0.25, 0.3) is 0 Å². The molecule has 2 saturated heterocycles. The third-order valence-electron chi connectivity index (χ3n) is 6.99. The van der Waals surface area contributed by atoms with Crippen molar-refractivity contribution in [1.29, 1.82) is 0 Å². The summed E-state index contributed by atoms with van der Waals surface area (Å²) in [5.74, 6) is -2.25. The molecule has 0 aromatic carbocycles. The molecule has 6 nitrogen and oxygen atoms in total. The highest BCUT2D eigenvalue weighted by atomic mass is 16.6. The van der Waals surface area contributed by atoms with E-state index in [1.165, 1.54) is 96.3 Å². The summed E-state index contributed by atoms with van der Waals surface area (Å²) in [6.45, 7) is 4.44. The molecule has 0 aromatic heterocycles. The molecule has 0 spiro atoms. The fourth-order valence-corrected chi connectivity index (χ4v) is 4.59. The van der Waals surface area contributed by atoms with E-state index in [4.69, 9.17) is 0 Å². The van der Waals surface area contributed by atoms with Crippen LogP contribution in [0.3, 0.4) is 0 Å². The minimum atomic E-state index is -0.402. The van der Waals surface area contributed by atoms with Crippen LogP contribution >= 0.6 is 0 Å². The molecule has 0 aromatic rings. The second-order valence-electron chi connectivity index (χ2n) is 10.6. The van der Waals surface area contributed by atoms with E-state index in [9.17, 15) is 19.2 Å². The van der Waals surface area contributed by atoms with Crippen LogP contribution in [0, 0.1) is 11.8 Å². The van der Waals surface area contributed by atoms with Crippen LogP contribution in [0.5, 0.6) is 0 Å². The van der Waals surface area contributed by atoms with Gasteiger partial charge in [-0.2, -0.15) is 0 Å². The lowest BCUT2D eigenvalue weighted by Crippen LogP contribution is -2.03. The number of carbonyl (C=O) groups is 4. The highest BCUT2D eigenvalue weighted by Gasteiger charge is 2.31. The van der Waals surface area contributed by atoms with Crippen molar-refractivity contribution in [1.82, 2.24) is 0 Å². The Morgan fingerprint density at radius 3 is 1.16 bits per heavy atom. The van der Waals surface area contributed by atoms with Crippen molar-refractivity contribution in [3.63, 3.8) is 0 Å². The summed E-state index contributed by atoms with van der Waals surface area (Å²) < 4.78 is 8.95. The standard InChI is InChI=1S/C20H34O3.C12H18O3/c1-2-3-4-5-6-7-8-9-10-11-12-13-14-15-16-18-17-19(21)23-20(18)22;1-2-3-4-5-6-7-8-10-9-11(13)15-12(10)14/h15-16,18H,2-14,17H2,1H3;7-8,10H,2-6,9H2,1H3. The van der Waals surface area contributed by atoms with Gasteiger partial charge in [-0.05, 0) is 25.7 Å². The molecule has 0 bridgehead atoms. The summed E-state index contributed by atoms with van der Waals surface area (Å²) in [5, 5.41) is 0. The van der Waals surface area contributed by atoms with E-state index in [2.05, 4.69) is 23.3 Å². The number of rotatable bonds is 20. The number of unbranched alkanes of at least 4 members (excludes halogenated alkanes) is 16. The Hall–Kier alpha value is -2.24. The minimum absolute atomic E-state index is 0.213. The van der Waals surface area contributed by atoms with Crippen molar-refractivity contribution in [3.05, 3.63) is 24.3 Å². The first kappa shape index (κ1) is 33.8. The fourth-order valence-electron chi connectivity index (χ4n) is 4.59. The molecule has 38 heavy (non-hydrogen) atoms. The maximum Gasteiger partial charge on any atom is 0.321 e. The van der Waals surface area contributed by atoms with E-state index < -0.39 is 17.9 Å². The number of carbonyl (C=O) groups excluding carboxylic acids is 4. The normalized spacial score (nSPS) is 19.3. The summed E-state index contributed by atoms with van der Waals surface area (Å²) in [4.78, 5) is 44.0. The quantitative estimate of drug-likeness (QED) is 0.0678. The third kappa shape index (κ3) is 17.3. The van der Waals surface area contributed by atoms with Crippen molar-refractivity contribution in [2.45, 2.75) is 142 Å². The number of hydrogen-bond donors (Lipinski definition) is 0. The van der Waals surface area contributed by atoms with Crippen LogP contribution in [-0.4, -0.2) is 23.9 Å². The molecule has 0 amide bonds. The van der Waals surface area contributed by atoms with Crippen LogP contribution in [-0.2, 0) is 28.7 Å². The van der Waals surface area contributed by atoms with Crippen LogP contribution < -0.4 is 0 Å². The van der Waals surface area contributed by atoms with Gasteiger partial charge in [0.1, 0.15) is 0 Å². The van der Waals surface area contributed by atoms with Crippen LogP contribution in [0.25, 0.3) is 0 Å². The predicted octanol–water partition coefficient (Wildman–Crippen LogP) is 8.33. The number of ether oxygens (including phenoxy) is 2. The Balaban J connectivity index is 0.000000415. The van der Waals surface area contributed by atoms with Crippen LogP contribution in [0.4, 0.5) is 0 Å². The predicted molar refractivity (Wildman–Crippen MR) is 151 cm³/mol. The summed E-state index contributed by atoms with van der Waals surface area (Å²) in [7, 11) is 0. The van der Waals surface area contributed by atoms with Gasteiger partial charge in [-0.15, -0.1) is 0 Å². The van der Waals surface area contributed by atoms with Gasteiger partial charge >= 0.3 is 23.9 Å². The summed E-state index contributed by atoms with van der Waals surface area (Å²) in [5.41, 5.74) is 0. The van der Waals surface area contributed by atoms with E-state index in [0.29, 0.717) is 0 Å². The summed E-state index contributed by atoms with van der Waals surface area (Å²) in [6.07, 6.45) is 31.2. The molecule has 2 heterocycles. The Bertz CT molecular complexity index is 738. The number of cyclic esters (lactones) is 4. The van der Waals surface area contributed by atoms with E-state index in [0.717, 1.165) is 19.3 Å². The van der Waals surface area contributed by atoms with E-state index in [-0.39, 0.29) is 30.6 Å². The van der Waals surface area contributed by atoms with Crippen LogP contribution in [0.2, 0.25) is 0 Å². The SMILES string of the molecule is CCCCCCC=CC1CC(=O)OC1=O.CCCCCCCCCCCCCCC=CC1CC(=O)OC1=O. The monoisotopic (exact) mass is 532 g/mol. The molecular formula is C32H52O6. The number of allylic oxidation sites excluding steroid dienone is 2. The molecule has 2 rings (SSSR count). The molecule has 0 saturated carbocycles. The second-order valence-corrected chi connectivity index (χ2v) is 10.6. The Kier molecular flexibility index (Phi) is 20.2. The zero-order chi connectivity index (χ0) is 27.8. The highest BCUT2D eigenvalue weighted by molar-refractivity contribution is 5.96. The Morgan fingerprint density at radius 1 is 0.526 bits per heavy atom. The third-order valence-corrected chi connectivity index (χ3v) is 6.99. The van der Waals surface area contributed by atoms with Crippen LogP contribution in [0.15, 0.2) is 24.3 Å². The average molecular weight is 533 g/mol. The molecule has 0 radical (unpaired) electrons. The van der Waals surface area contributed by atoms with Crippen molar-refractivity contribution in [2.24, 2.45) is 11.8 Å². The van der Waals surface area contributed by atoms with Gasteiger partial charge in [0.05, 0.1) is 24.7 Å². The van der Waals surface area contributed by atoms with Gasteiger partial charge in [-0.1, -0.05) is 128 Å². The summed E-state index contributed by atoms with van der Waals surface area (Å²) in [6, 6.07) is 0. The van der Waals surface area contributed by atoms with Gasteiger partial charge in [0.15, 0.2) is 0 Å². The lowest BCUT2D eigenvalue weighted by atomic mass is 10.0. The maximum atomic E-state index is 11.3. The second kappa shape index (κ2) is 22.7. The Labute approximate surface area is 231 Å².